The molecule has 3 rings (SSSR count). The largest absolute Gasteiger partial charge is 0.311 e. The molecule has 1 atom stereocenters. The van der Waals surface area contributed by atoms with Crippen LogP contribution in [0.3, 0.4) is 0 Å². The average molecular weight is 276 g/mol. The van der Waals surface area contributed by atoms with E-state index in [1.165, 1.54) is 30.6 Å². The number of aryl methyl sites for hydroxylation is 1. The highest BCUT2D eigenvalue weighted by Gasteiger charge is 2.13. The van der Waals surface area contributed by atoms with Crippen LogP contribution in [0.15, 0.2) is 18.5 Å². The molecule has 0 aromatic carbocycles. The number of nitrogens with zero attached hydrogens (tertiary/aromatic N) is 3. The number of fused-ring (bicyclic) bond motifs is 1. The number of hydrogen-bond donors (Lipinski definition) is 1. The van der Waals surface area contributed by atoms with Crippen molar-refractivity contribution in [3.8, 4) is 0 Å². The van der Waals surface area contributed by atoms with Crippen LogP contribution in [0, 0.1) is 6.92 Å². The summed E-state index contributed by atoms with van der Waals surface area (Å²) in [6.45, 7) is 3.96. The minimum atomic E-state index is 0.789. The molecule has 1 fully saturated rings. The lowest BCUT2D eigenvalue weighted by atomic mass is 10.2. The van der Waals surface area contributed by atoms with E-state index in [-0.39, 0.29) is 0 Å². The van der Waals surface area contributed by atoms with E-state index < -0.39 is 0 Å². The van der Waals surface area contributed by atoms with Crippen LogP contribution in [0.25, 0.3) is 5.65 Å². The Balaban J connectivity index is 1.55. The van der Waals surface area contributed by atoms with E-state index in [1.54, 1.807) is 0 Å². The Kier molecular flexibility index (Phi) is 4.03. The number of rotatable bonds is 4. The first-order valence-electron chi connectivity index (χ1n) is 6.94. The summed E-state index contributed by atoms with van der Waals surface area (Å²) in [6.07, 6.45) is 8.14. The molecule has 0 amide bonds. The van der Waals surface area contributed by atoms with Crippen molar-refractivity contribution >= 4 is 17.4 Å². The van der Waals surface area contributed by atoms with E-state index in [2.05, 4.69) is 33.4 Å². The molecular formula is C14H20N4S. The molecule has 0 spiro atoms. The summed E-state index contributed by atoms with van der Waals surface area (Å²) in [5.74, 6) is 1.33. The molecule has 3 heterocycles. The lowest BCUT2D eigenvalue weighted by molar-refractivity contribution is 0.596. The van der Waals surface area contributed by atoms with Crippen LogP contribution in [0.4, 0.5) is 0 Å². The molecule has 1 unspecified atom stereocenters. The van der Waals surface area contributed by atoms with Gasteiger partial charge in [0.15, 0.2) is 5.65 Å². The van der Waals surface area contributed by atoms with Crippen LogP contribution < -0.4 is 5.32 Å². The second kappa shape index (κ2) is 5.92. The third-order valence-corrected chi connectivity index (χ3v) is 4.86. The van der Waals surface area contributed by atoms with Crippen LogP contribution in [-0.2, 0) is 6.54 Å². The molecule has 2 aromatic rings. The summed E-state index contributed by atoms with van der Waals surface area (Å²) in [5.41, 5.74) is 3.12. The summed E-state index contributed by atoms with van der Waals surface area (Å²) in [6, 6.07) is 2.00. The lowest BCUT2D eigenvalue weighted by Crippen LogP contribution is -2.26. The SMILES string of the molecule is Cc1cc2ncc(CNCC3CCCCS3)cn2n1. The predicted molar refractivity (Wildman–Crippen MR) is 79.5 cm³/mol. The average Bonchev–Trinajstić information content (AvgIpc) is 2.79. The standard InChI is InChI=1S/C14H20N4S/c1-11-6-14-16-8-12(10-18(14)17-11)7-15-9-13-4-2-3-5-19-13/h6,8,10,13,15H,2-5,7,9H2,1H3. The Morgan fingerprint density at radius 3 is 3.26 bits per heavy atom. The Morgan fingerprint density at radius 1 is 1.47 bits per heavy atom. The third-order valence-electron chi connectivity index (χ3n) is 3.46. The van der Waals surface area contributed by atoms with E-state index in [4.69, 9.17) is 0 Å². The molecule has 0 bridgehead atoms. The van der Waals surface area contributed by atoms with Crippen LogP contribution in [-0.4, -0.2) is 32.1 Å². The molecule has 0 radical (unpaired) electrons. The fourth-order valence-electron chi connectivity index (χ4n) is 2.47. The first-order valence-corrected chi connectivity index (χ1v) is 7.99. The normalized spacial score (nSPS) is 19.9. The van der Waals surface area contributed by atoms with Crippen LogP contribution in [0.5, 0.6) is 0 Å². The lowest BCUT2D eigenvalue weighted by Gasteiger charge is -2.21. The topological polar surface area (TPSA) is 42.2 Å². The van der Waals surface area contributed by atoms with E-state index in [0.29, 0.717) is 0 Å². The van der Waals surface area contributed by atoms with Crippen molar-refractivity contribution in [2.75, 3.05) is 12.3 Å². The molecule has 102 valence electrons. The van der Waals surface area contributed by atoms with E-state index in [9.17, 15) is 0 Å². The van der Waals surface area contributed by atoms with Gasteiger partial charge in [-0.05, 0) is 25.5 Å². The molecular weight excluding hydrogens is 256 g/mol. The van der Waals surface area contributed by atoms with Gasteiger partial charge in [-0.15, -0.1) is 0 Å². The van der Waals surface area contributed by atoms with Gasteiger partial charge in [0.05, 0.1) is 5.69 Å². The molecule has 5 heteroatoms. The van der Waals surface area contributed by atoms with Crippen LogP contribution in [0.2, 0.25) is 0 Å². The van der Waals surface area contributed by atoms with Gasteiger partial charge < -0.3 is 5.32 Å². The van der Waals surface area contributed by atoms with Crippen molar-refractivity contribution in [3.05, 3.63) is 29.7 Å². The van der Waals surface area contributed by atoms with E-state index in [1.807, 2.05) is 23.7 Å². The summed E-state index contributed by atoms with van der Waals surface area (Å²) in [4.78, 5) is 4.42. The zero-order chi connectivity index (χ0) is 13.1. The molecule has 0 aliphatic carbocycles. The molecule has 2 aromatic heterocycles. The zero-order valence-corrected chi connectivity index (χ0v) is 12.1. The van der Waals surface area contributed by atoms with Gasteiger partial charge in [0.2, 0.25) is 0 Å². The van der Waals surface area contributed by atoms with E-state index >= 15 is 0 Å². The van der Waals surface area contributed by atoms with Gasteiger partial charge in [-0.2, -0.15) is 16.9 Å². The van der Waals surface area contributed by atoms with E-state index in [0.717, 1.165) is 29.7 Å². The monoisotopic (exact) mass is 276 g/mol. The quantitative estimate of drug-likeness (QED) is 0.931. The molecule has 0 saturated carbocycles. The Morgan fingerprint density at radius 2 is 2.42 bits per heavy atom. The molecule has 1 saturated heterocycles. The fraction of sp³-hybridized carbons (Fsp3) is 0.571. The van der Waals surface area contributed by atoms with Crippen molar-refractivity contribution in [2.24, 2.45) is 0 Å². The minimum absolute atomic E-state index is 0.789. The van der Waals surface area contributed by atoms with Crippen molar-refractivity contribution < 1.29 is 0 Å². The van der Waals surface area contributed by atoms with Crippen molar-refractivity contribution in [1.82, 2.24) is 19.9 Å². The van der Waals surface area contributed by atoms with Crippen LogP contribution in [0.1, 0.15) is 30.5 Å². The highest BCUT2D eigenvalue weighted by molar-refractivity contribution is 7.99. The van der Waals surface area contributed by atoms with Gasteiger partial charge in [0, 0.05) is 42.4 Å². The molecule has 1 aliphatic heterocycles. The van der Waals surface area contributed by atoms with Gasteiger partial charge in [0.25, 0.3) is 0 Å². The molecule has 4 nitrogen and oxygen atoms in total. The highest BCUT2D eigenvalue weighted by atomic mass is 32.2. The van der Waals surface area contributed by atoms with Gasteiger partial charge in [-0.25, -0.2) is 9.50 Å². The second-order valence-corrected chi connectivity index (χ2v) is 6.58. The second-order valence-electron chi connectivity index (χ2n) is 5.17. The maximum absolute atomic E-state index is 4.42. The molecule has 1 N–H and O–H groups in total. The smallest absolute Gasteiger partial charge is 0.155 e. The van der Waals surface area contributed by atoms with Crippen LogP contribution >= 0.6 is 11.8 Å². The number of nitrogens with one attached hydrogen (secondary N) is 1. The Labute approximate surface area is 118 Å². The fourth-order valence-corrected chi connectivity index (χ4v) is 3.74. The summed E-state index contributed by atoms with van der Waals surface area (Å²) in [5, 5.41) is 8.72. The highest BCUT2D eigenvalue weighted by Crippen LogP contribution is 2.24. The molecule has 19 heavy (non-hydrogen) atoms. The first-order chi connectivity index (χ1) is 9.31. The van der Waals surface area contributed by atoms with Crippen molar-refractivity contribution in [3.63, 3.8) is 0 Å². The van der Waals surface area contributed by atoms with Gasteiger partial charge in [-0.3, -0.25) is 0 Å². The summed E-state index contributed by atoms with van der Waals surface area (Å²) < 4.78 is 1.86. The Hall–Kier alpha value is -1.07. The first kappa shape index (κ1) is 12.9. The van der Waals surface area contributed by atoms with Crippen molar-refractivity contribution in [1.29, 1.82) is 0 Å². The number of hydrogen-bond acceptors (Lipinski definition) is 4. The number of thioether (sulfide) groups is 1. The third kappa shape index (κ3) is 3.28. The number of aromatic nitrogens is 3. The maximum atomic E-state index is 4.42. The Bertz CT molecular complexity index is 545. The predicted octanol–water partition coefficient (Wildman–Crippen LogP) is 2.41. The van der Waals surface area contributed by atoms with Gasteiger partial charge in [-0.1, -0.05) is 6.42 Å². The van der Waals surface area contributed by atoms with Gasteiger partial charge in [0.1, 0.15) is 0 Å². The summed E-state index contributed by atoms with van der Waals surface area (Å²) in [7, 11) is 0. The minimum Gasteiger partial charge on any atom is -0.311 e. The van der Waals surface area contributed by atoms with Gasteiger partial charge >= 0.3 is 0 Å². The summed E-state index contributed by atoms with van der Waals surface area (Å²) >= 11 is 2.11. The van der Waals surface area contributed by atoms with Crippen molar-refractivity contribution in [2.45, 2.75) is 38.0 Å². The molecule has 1 aliphatic rings. The maximum Gasteiger partial charge on any atom is 0.155 e. The zero-order valence-electron chi connectivity index (χ0n) is 11.3.